The zero-order valence-corrected chi connectivity index (χ0v) is 8.74. The van der Waals surface area contributed by atoms with Crippen molar-refractivity contribution in [2.45, 2.75) is 6.61 Å². The molecule has 0 fully saturated rings. The van der Waals surface area contributed by atoms with Crippen molar-refractivity contribution in [3.8, 4) is 0 Å². The summed E-state index contributed by atoms with van der Waals surface area (Å²) in [5.41, 5.74) is 1.76. The Morgan fingerprint density at radius 3 is 3.00 bits per heavy atom. The van der Waals surface area contributed by atoms with Gasteiger partial charge in [0.1, 0.15) is 5.65 Å². The lowest BCUT2D eigenvalue weighted by Gasteiger charge is -1.98. The molecule has 3 nitrogen and oxygen atoms in total. The van der Waals surface area contributed by atoms with E-state index in [4.69, 9.17) is 5.11 Å². The van der Waals surface area contributed by atoms with E-state index in [0.717, 1.165) is 21.2 Å². The van der Waals surface area contributed by atoms with Crippen molar-refractivity contribution >= 4 is 27.0 Å². The van der Waals surface area contributed by atoms with Gasteiger partial charge in [-0.1, -0.05) is 0 Å². The largest absolute Gasteiger partial charge is 0.390 e. The number of hydrogen-bond donors (Lipinski definition) is 1. The first kappa shape index (κ1) is 8.72. The van der Waals surface area contributed by atoms with Gasteiger partial charge in [0, 0.05) is 28.8 Å². The van der Waals surface area contributed by atoms with Crippen molar-refractivity contribution in [3.05, 3.63) is 28.5 Å². The lowest BCUT2D eigenvalue weighted by molar-refractivity contribution is 0.273. The molecule has 2 heterocycles. The highest BCUT2D eigenvalue weighted by Gasteiger charge is 2.07. The quantitative estimate of drug-likeness (QED) is 0.827. The van der Waals surface area contributed by atoms with Crippen LogP contribution in [-0.2, 0) is 13.7 Å². The van der Waals surface area contributed by atoms with Crippen molar-refractivity contribution in [2.24, 2.45) is 7.05 Å². The molecule has 0 unspecified atom stereocenters. The third kappa shape index (κ3) is 1.26. The van der Waals surface area contributed by atoms with E-state index in [2.05, 4.69) is 20.9 Å². The van der Waals surface area contributed by atoms with Crippen LogP contribution in [0.2, 0.25) is 0 Å². The van der Waals surface area contributed by atoms with Crippen molar-refractivity contribution in [2.75, 3.05) is 0 Å². The SMILES string of the molecule is Cn1c(CO)cc2c(Br)ccnc21. The van der Waals surface area contributed by atoms with Gasteiger partial charge in [0.05, 0.1) is 6.61 Å². The molecule has 0 aliphatic heterocycles. The van der Waals surface area contributed by atoms with Crippen LogP contribution in [0.4, 0.5) is 0 Å². The molecular formula is C9H9BrN2O. The molecule has 0 aliphatic rings. The number of rotatable bonds is 1. The Morgan fingerprint density at radius 1 is 1.62 bits per heavy atom. The fourth-order valence-corrected chi connectivity index (χ4v) is 1.80. The van der Waals surface area contributed by atoms with Crippen LogP contribution in [0.5, 0.6) is 0 Å². The van der Waals surface area contributed by atoms with E-state index in [1.165, 1.54) is 0 Å². The van der Waals surface area contributed by atoms with Crippen LogP contribution in [0, 0.1) is 0 Å². The summed E-state index contributed by atoms with van der Waals surface area (Å²) in [5, 5.41) is 10.1. The summed E-state index contributed by atoms with van der Waals surface area (Å²) in [6.45, 7) is 0.0410. The number of halogens is 1. The fourth-order valence-electron chi connectivity index (χ4n) is 1.39. The number of fused-ring (bicyclic) bond motifs is 1. The Hall–Kier alpha value is -0.870. The van der Waals surface area contributed by atoms with Crippen LogP contribution in [0.1, 0.15) is 5.69 Å². The molecule has 1 N–H and O–H groups in total. The standard InChI is InChI=1S/C9H9BrN2O/c1-12-6(5-13)4-7-8(10)2-3-11-9(7)12/h2-4,13H,5H2,1H3. The van der Waals surface area contributed by atoms with Crippen LogP contribution in [0.25, 0.3) is 11.0 Å². The number of aryl methyl sites for hydroxylation is 1. The topological polar surface area (TPSA) is 38.0 Å². The van der Waals surface area contributed by atoms with Crippen molar-refractivity contribution < 1.29 is 5.11 Å². The molecule has 0 aliphatic carbocycles. The Labute approximate surface area is 84.1 Å². The third-order valence-electron chi connectivity index (χ3n) is 2.14. The van der Waals surface area contributed by atoms with E-state index >= 15 is 0 Å². The number of aliphatic hydroxyl groups excluding tert-OH is 1. The number of nitrogens with zero attached hydrogens (tertiary/aromatic N) is 2. The van der Waals surface area contributed by atoms with Gasteiger partial charge in [0.2, 0.25) is 0 Å². The lowest BCUT2D eigenvalue weighted by atomic mass is 10.3. The molecule has 2 aromatic heterocycles. The second-order valence-corrected chi connectivity index (χ2v) is 3.74. The van der Waals surface area contributed by atoms with Crippen LogP contribution in [-0.4, -0.2) is 14.7 Å². The van der Waals surface area contributed by atoms with Crippen molar-refractivity contribution in [1.82, 2.24) is 9.55 Å². The monoisotopic (exact) mass is 240 g/mol. The van der Waals surface area contributed by atoms with E-state index in [1.54, 1.807) is 6.20 Å². The molecule has 0 bridgehead atoms. The minimum absolute atomic E-state index is 0.0410. The van der Waals surface area contributed by atoms with Gasteiger partial charge in [-0.15, -0.1) is 0 Å². The molecule has 0 saturated carbocycles. The van der Waals surface area contributed by atoms with Gasteiger partial charge in [0.25, 0.3) is 0 Å². The zero-order valence-electron chi connectivity index (χ0n) is 7.16. The van der Waals surface area contributed by atoms with E-state index in [-0.39, 0.29) is 6.61 Å². The van der Waals surface area contributed by atoms with Crippen molar-refractivity contribution in [1.29, 1.82) is 0 Å². The minimum atomic E-state index is 0.0410. The maximum absolute atomic E-state index is 9.05. The molecule has 0 amide bonds. The van der Waals surface area contributed by atoms with Gasteiger partial charge in [-0.2, -0.15) is 0 Å². The first-order chi connectivity index (χ1) is 6.24. The van der Waals surface area contributed by atoms with Gasteiger partial charge >= 0.3 is 0 Å². The van der Waals surface area contributed by atoms with Crippen LogP contribution in [0.15, 0.2) is 22.8 Å². The van der Waals surface area contributed by atoms with Gasteiger partial charge in [-0.05, 0) is 28.1 Å². The number of hydrogen-bond acceptors (Lipinski definition) is 2. The molecule has 0 spiro atoms. The van der Waals surface area contributed by atoms with Gasteiger partial charge in [0.15, 0.2) is 0 Å². The zero-order chi connectivity index (χ0) is 9.42. The minimum Gasteiger partial charge on any atom is -0.390 e. The van der Waals surface area contributed by atoms with E-state index in [0.29, 0.717) is 0 Å². The predicted octanol–water partition coefficient (Wildman–Crippen LogP) is 1.83. The van der Waals surface area contributed by atoms with Crippen LogP contribution in [0.3, 0.4) is 0 Å². The summed E-state index contributed by atoms with van der Waals surface area (Å²) in [6, 6.07) is 3.83. The molecule has 4 heteroatoms. The van der Waals surface area contributed by atoms with Crippen molar-refractivity contribution in [3.63, 3.8) is 0 Å². The first-order valence-corrected chi connectivity index (χ1v) is 4.73. The molecule has 13 heavy (non-hydrogen) atoms. The molecule has 2 rings (SSSR count). The number of pyridine rings is 1. The van der Waals surface area contributed by atoms with E-state index in [1.807, 2.05) is 23.7 Å². The van der Waals surface area contributed by atoms with Gasteiger partial charge in [-0.3, -0.25) is 0 Å². The molecule has 2 aromatic rings. The molecule has 0 aromatic carbocycles. The highest BCUT2D eigenvalue weighted by atomic mass is 79.9. The maximum Gasteiger partial charge on any atom is 0.141 e. The molecule has 0 atom stereocenters. The second-order valence-electron chi connectivity index (χ2n) is 2.88. The summed E-state index contributed by atoms with van der Waals surface area (Å²) >= 11 is 3.44. The molecule has 0 saturated heterocycles. The summed E-state index contributed by atoms with van der Waals surface area (Å²) in [5.74, 6) is 0. The summed E-state index contributed by atoms with van der Waals surface area (Å²) in [6.07, 6.45) is 1.74. The van der Waals surface area contributed by atoms with Gasteiger partial charge < -0.3 is 9.67 Å². The van der Waals surface area contributed by atoms with Gasteiger partial charge in [-0.25, -0.2) is 4.98 Å². The fraction of sp³-hybridized carbons (Fsp3) is 0.222. The Kier molecular flexibility index (Phi) is 2.09. The average molecular weight is 241 g/mol. The summed E-state index contributed by atoms with van der Waals surface area (Å²) < 4.78 is 2.90. The summed E-state index contributed by atoms with van der Waals surface area (Å²) in [4.78, 5) is 4.23. The number of aromatic nitrogens is 2. The normalized spacial score (nSPS) is 11.0. The highest BCUT2D eigenvalue weighted by Crippen LogP contribution is 2.24. The Balaban J connectivity index is 2.83. The summed E-state index contributed by atoms with van der Waals surface area (Å²) in [7, 11) is 1.90. The lowest BCUT2D eigenvalue weighted by Crippen LogP contribution is -1.95. The highest BCUT2D eigenvalue weighted by molar-refractivity contribution is 9.10. The third-order valence-corrected chi connectivity index (χ3v) is 2.83. The van der Waals surface area contributed by atoms with Crippen LogP contribution >= 0.6 is 15.9 Å². The molecular weight excluding hydrogens is 232 g/mol. The predicted molar refractivity (Wildman–Crippen MR) is 54.3 cm³/mol. The second kappa shape index (κ2) is 3.12. The smallest absolute Gasteiger partial charge is 0.141 e. The first-order valence-electron chi connectivity index (χ1n) is 3.93. The maximum atomic E-state index is 9.05. The molecule has 68 valence electrons. The Bertz CT molecular complexity index is 450. The molecule has 0 radical (unpaired) electrons. The van der Waals surface area contributed by atoms with E-state index in [9.17, 15) is 0 Å². The van der Waals surface area contributed by atoms with E-state index < -0.39 is 0 Å². The van der Waals surface area contributed by atoms with Crippen LogP contribution < -0.4 is 0 Å². The number of aliphatic hydroxyl groups is 1. The Morgan fingerprint density at radius 2 is 2.38 bits per heavy atom. The average Bonchev–Trinajstić information content (AvgIpc) is 2.45.